The molecule has 4 rings (SSSR count). The monoisotopic (exact) mass is 437 g/mol. The average molecular weight is 437 g/mol. The Bertz CT molecular complexity index is 1140. The number of fused-ring (bicyclic) bond motifs is 2. The Labute approximate surface area is 184 Å². The van der Waals surface area contributed by atoms with Crippen LogP contribution in [0.3, 0.4) is 0 Å². The number of nitrogens with one attached hydrogen (secondary N) is 3. The van der Waals surface area contributed by atoms with Gasteiger partial charge in [-0.3, -0.25) is 14.9 Å². The zero-order chi connectivity index (χ0) is 22.3. The number of hydrogen-bond acceptors (Lipinski definition) is 6. The van der Waals surface area contributed by atoms with E-state index in [1.165, 1.54) is 0 Å². The molecule has 0 unspecified atom stereocenters. The van der Waals surface area contributed by atoms with Crippen molar-refractivity contribution < 1.29 is 28.6 Å². The maximum Gasteiger partial charge on any atom is 0.325 e. The van der Waals surface area contributed by atoms with E-state index in [2.05, 4.69) is 15.6 Å². The van der Waals surface area contributed by atoms with Crippen molar-refractivity contribution in [3.05, 3.63) is 54.2 Å². The molecular formula is C23H23N3O6. The number of carbonyl (C=O) groups is 3. The molecule has 0 radical (unpaired) electrons. The number of amides is 3. The normalized spacial score (nSPS) is 12.2. The molecule has 9 nitrogen and oxygen atoms in total. The number of esters is 1. The number of para-hydroxylation sites is 1. The molecule has 0 aliphatic carbocycles. The zero-order valence-electron chi connectivity index (χ0n) is 17.3. The van der Waals surface area contributed by atoms with Crippen molar-refractivity contribution in [3.63, 3.8) is 0 Å². The molecule has 1 aliphatic rings. The molecule has 0 saturated heterocycles. The number of H-pyrrole nitrogens is 1. The fourth-order valence-corrected chi connectivity index (χ4v) is 3.43. The Hall–Kier alpha value is -4.01. The first-order chi connectivity index (χ1) is 15.6. The second kappa shape index (κ2) is 9.86. The van der Waals surface area contributed by atoms with E-state index in [9.17, 15) is 14.4 Å². The van der Waals surface area contributed by atoms with E-state index in [4.69, 9.17) is 14.2 Å². The minimum Gasteiger partial charge on any atom is -0.486 e. The second-order valence-corrected chi connectivity index (χ2v) is 7.23. The minimum atomic E-state index is -0.734. The fourth-order valence-electron chi connectivity index (χ4n) is 3.43. The van der Waals surface area contributed by atoms with Gasteiger partial charge in [-0.1, -0.05) is 18.2 Å². The predicted octanol–water partition coefficient (Wildman–Crippen LogP) is 3.15. The number of imide groups is 1. The molecule has 0 fully saturated rings. The van der Waals surface area contributed by atoms with Gasteiger partial charge in [0.2, 0.25) is 0 Å². The van der Waals surface area contributed by atoms with E-state index in [0.717, 1.165) is 16.5 Å². The van der Waals surface area contributed by atoms with E-state index in [1.54, 1.807) is 18.2 Å². The van der Waals surface area contributed by atoms with Gasteiger partial charge in [0.05, 0.1) is 0 Å². The van der Waals surface area contributed by atoms with Gasteiger partial charge < -0.3 is 24.5 Å². The van der Waals surface area contributed by atoms with Crippen LogP contribution in [0.5, 0.6) is 11.5 Å². The number of hydrogen-bond donors (Lipinski definition) is 3. The molecule has 0 saturated carbocycles. The van der Waals surface area contributed by atoms with Gasteiger partial charge in [-0.25, -0.2) is 4.79 Å². The molecule has 3 aromatic rings. The summed E-state index contributed by atoms with van der Waals surface area (Å²) in [5.74, 6) is -0.103. The standard InChI is InChI=1S/C23H23N3O6/c27-21(26-23(29)25-16-8-9-19-20(12-16)31-11-10-30-19)14-32-22(28)7-3-4-15-13-24-18-6-2-1-5-17(15)18/h1-2,5-6,8-9,12-13,24H,3-4,7,10-11,14H2,(H2,25,26,27,29). The maximum atomic E-state index is 12.0. The molecular weight excluding hydrogens is 414 g/mol. The van der Waals surface area contributed by atoms with Crippen LogP contribution in [0.1, 0.15) is 18.4 Å². The van der Waals surface area contributed by atoms with Crippen LogP contribution in [0.25, 0.3) is 10.9 Å². The van der Waals surface area contributed by atoms with Crippen LogP contribution in [0.15, 0.2) is 48.7 Å². The van der Waals surface area contributed by atoms with Crippen molar-refractivity contribution >= 4 is 34.5 Å². The highest BCUT2D eigenvalue weighted by atomic mass is 16.6. The van der Waals surface area contributed by atoms with Crippen LogP contribution in [0, 0.1) is 0 Å². The van der Waals surface area contributed by atoms with Crippen molar-refractivity contribution in [3.8, 4) is 11.5 Å². The highest BCUT2D eigenvalue weighted by Gasteiger charge is 2.15. The first-order valence-corrected chi connectivity index (χ1v) is 10.3. The highest BCUT2D eigenvalue weighted by molar-refractivity contribution is 6.02. The number of carbonyl (C=O) groups excluding carboxylic acids is 3. The molecule has 9 heteroatoms. The van der Waals surface area contributed by atoms with Crippen LogP contribution in [-0.4, -0.2) is 42.7 Å². The Morgan fingerprint density at radius 3 is 2.72 bits per heavy atom. The Balaban J connectivity index is 1.16. The molecule has 1 aliphatic heterocycles. The van der Waals surface area contributed by atoms with Crippen LogP contribution in [0.2, 0.25) is 0 Å². The van der Waals surface area contributed by atoms with E-state index < -0.39 is 24.5 Å². The van der Waals surface area contributed by atoms with Gasteiger partial charge >= 0.3 is 12.0 Å². The molecule has 2 heterocycles. The smallest absolute Gasteiger partial charge is 0.325 e. The quantitative estimate of drug-likeness (QED) is 0.489. The van der Waals surface area contributed by atoms with E-state index in [0.29, 0.717) is 43.2 Å². The summed E-state index contributed by atoms with van der Waals surface area (Å²) in [6.45, 7) is 0.366. The third kappa shape index (κ3) is 5.37. The molecule has 3 N–H and O–H groups in total. The molecule has 0 bridgehead atoms. The van der Waals surface area contributed by atoms with Gasteiger partial charge in [0.15, 0.2) is 18.1 Å². The third-order valence-corrected chi connectivity index (χ3v) is 4.92. The number of aromatic amines is 1. The summed E-state index contributed by atoms with van der Waals surface area (Å²) >= 11 is 0. The predicted molar refractivity (Wildman–Crippen MR) is 117 cm³/mol. The lowest BCUT2D eigenvalue weighted by atomic mass is 10.1. The number of anilines is 1. The summed E-state index contributed by atoms with van der Waals surface area (Å²) in [7, 11) is 0. The van der Waals surface area contributed by atoms with Gasteiger partial charge in [0.25, 0.3) is 5.91 Å². The lowest BCUT2D eigenvalue weighted by molar-refractivity contribution is -0.148. The summed E-state index contributed by atoms with van der Waals surface area (Å²) in [6.07, 6.45) is 3.41. The van der Waals surface area contributed by atoms with Crippen molar-refractivity contribution in [2.75, 3.05) is 25.1 Å². The lowest BCUT2D eigenvalue weighted by Crippen LogP contribution is -2.37. The van der Waals surface area contributed by atoms with Crippen molar-refractivity contribution in [2.45, 2.75) is 19.3 Å². The first-order valence-electron chi connectivity index (χ1n) is 10.3. The highest BCUT2D eigenvalue weighted by Crippen LogP contribution is 2.32. The van der Waals surface area contributed by atoms with Crippen molar-refractivity contribution in [1.29, 1.82) is 0 Å². The number of benzene rings is 2. The van der Waals surface area contributed by atoms with Crippen LogP contribution < -0.4 is 20.1 Å². The van der Waals surface area contributed by atoms with Gasteiger partial charge in [0, 0.05) is 35.3 Å². The largest absolute Gasteiger partial charge is 0.486 e. The van der Waals surface area contributed by atoms with Crippen LogP contribution in [-0.2, 0) is 20.7 Å². The summed E-state index contributed by atoms with van der Waals surface area (Å²) < 4.78 is 15.8. The molecule has 2 aromatic carbocycles. The third-order valence-electron chi connectivity index (χ3n) is 4.92. The second-order valence-electron chi connectivity index (χ2n) is 7.23. The molecule has 166 valence electrons. The maximum absolute atomic E-state index is 12.0. The molecule has 1 aromatic heterocycles. The number of rotatable bonds is 7. The lowest BCUT2D eigenvalue weighted by Gasteiger charge is -2.19. The van der Waals surface area contributed by atoms with Gasteiger partial charge in [0.1, 0.15) is 13.2 Å². The summed E-state index contributed by atoms with van der Waals surface area (Å²) in [5.41, 5.74) is 2.62. The summed E-state index contributed by atoms with van der Waals surface area (Å²) in [6, 6.07) is 12.1. The zero-order valence-corrected chi connectivity index (χ0v) is 17.3. The number of aromatic nitrogens is 1. The average Bonchev–Trinajstić information content (AvgIpc) is 3.21. The van der Waals surface area contributed by atoms with Crippen LogP contribution in [0.4, 0.5) is 10.5 Å². The van der Waals surface area contributed by atoms with Crippen molar-refractivity contribution in [1.82, 2.24) is 10.3 Å². The van der Waals surface area contributed by atoms with Crippen LogP contribution >= 0.6 is 0 Å². The molecule has 32 heavy (non-hydrogen) atoms. The first kappa shape index (κ1) is 21.2. The molecule has 3 amide bonds. The number of ether oxygens (including phenoxy) is 3. The molecule has 0 spiro atoms. The van der Waals surface area contributed by atoms with E-state index >= 15 is 0 Å². The number of aryl methyl sites for hydroxylation is 1. The minimum absolute atomic E-state index is 0.177. The topological polar surface area (TPSA) is 119 Å². The van der Waals surface area contributed by atoms with E-state index in [1.807, 2.05) is 30.5 Å². The van der Waals surface area contributed by atoms with E-state index in [-0.39, 0.29) is 6.42 Å². The van der Waals surface area contributed by atoms with Gasteiger partial charge in [-0.2, -0.15) is 0 Å². The van der Waals surface area contributed by atoms with Gasteiger partial charge in [-0.15, -0.1) is 0 Å². The Kier molecular flexibility index (Phi) is 6.54. The fraction of sp³-hybridized carbons (Fsp3) is 0.261. The van der Waals surface area contributed by atoms with Gasteiger partial charge in [-0.05, 0) is 36.6 Å². The summed E-state index contributed by atoms with van der Waals surface area (Å²) in [4.78, 5) is 39.0. The molecule has 0 atom stereocenters. The Morgan fingerprint density at radius 1 is 1.03 bits per heavy atom. The Morgan fingerprint density at radius 2 is 1.84 bits per heavy atom. The summed E-state index contributed by atoms with van der Waals surface area (Å²) in [5, 5.41) is 5.77. The SMILES string of the molecule is O=C(COC(=O)CCCc1c[nH]c2ccccc12)NC(=O)Nc1ccc2c(c1)OCCO2. The number of urea groups is 1. The van der Waals surface area contributed by atoms with Crippen molar-refractivity contribution in [2.24, 2.45) is 0 Å².